The molecule has 0 saturated heterocycles. The number of nitriles is 1. The van der Waals surface area contributed by atoms with Crippen LogP contribution in [-0.2, 0) is 9.53 Å². The molecule has 1 N–H and O–H groups in total. The lowest BCUT2D eigenvalue weighted by molar-refractivity contribution is -0.111. The van der Waals surface area contributed by atoms with E-state index in [4.69, 9.17) is 9.15 Å². The SMILES string of the molecule is COC(=O)c1sc(NC(=O)C=Cc2ccc(-c3ccccc3)o2)c(C#N)c1C. The summed E-state index contributed by atoms with van der Waals surface area (Å²) in [7, 11) is 1.27. The van der Waals surface area contributed by atoms with Crippen molar-refractivity contribution in [2.24, 2.45) is 0 Å². The molecule has 0 aliphatic rings. The van der Waals surface area contributed by atoms with Crippen LogP contribution in [0, 0.1) is 18.3 Å². The van der Waals surface area contributed by atoms with Gasteiger partial charge in [-0.15, -0.1) is 11.3 Å². The van der Waals surface area contributed by atoms with Gasteiger partial charge >= 0.3 is 5.97 Å². The highest BCUT2D eigenvalue weighted by Crippen LogP contribution is 2.33. The number of rotatable bonds is 5. The summed E-state index contributed by atoms with van der Waals surface area (Å²) in [6.45, 7) is 1.64. The van der Waals surface area contributed by atoms with Gasteiger partial charge in [0.2, 0.25) is 5.91 Å². The maximum atomic E-state index is 12.2. The molecule has 1 amide bonds. The molecule has 0 fully saturated rings. The lowest BCUT2D eigenvalue weighted by Gasteiger charge is -1.98. The van der Waals surface area contributed by atoms with Gasteiger partial charge in [0.1, 0.15) is 27.5 Å². The molecule has 3 rings (SSSR count). The molecular weight excluding hydrogens is 376 g/mol. The summed E-state index contributed by atoms with van der Waals surface area (Å²) >= 11 is 1.01. The van der Waals surface area contributed by atoms with Crippen LogP contribution >= 0.6 is 11.3 Å². The number of methoxy groups -OCH3 is 1. The molecular formula is C21H16N2O4S. The van der Waals surface area contributed by atoms with Crippen LogP contribution in [0.5, 0.6) is 0 Å². The molecule has 0 aliphatic carbocycles. The Morgan fingerprint density at radius 2 is 1.96 bits per heavy atom. The predicted octanol–water partition coefficient (Wildman–Crippen LogP) is 4.63. The highest BCUT2D eigenvalue weighted by atomic mass is 32.1. The van der Waals surface area contributed by atoms with Crippen molar-refractivity contribution in [1.82, 2.24) is 0 Å². The monoisotopic (exact) mass is 392 g/mol. The molecule has 3 aromatic rings. The number of carbonyl (C=O) groups excluding carboxylic acids is 2. The zero-order chi connectivity index (χ0) is 20.1. The third-order valence-corrected chi connectivity index (χ3v) is 5.14. The van der Waals surface area contributed by atoms with Crippen molar-refractivity contribution in [2.45, 2.75) is 6.92 Å². The van der Waals surface area contributed by atoms with E-state index in [9.17, 15) is 14.9 Å². The number of ether oxygens (including phenoxy) is 1. The van der Waals surface area contributed by atoms with Gasteiger partial charge in [-0.2, -0.15) is 5.26 Å². The van der Waals surface area contributed by atoms with Crippen molar-refractivity contribution in [3.05, 3.63) is 70.3 Å². The second-order valence-corrected chi connectivity index (χ2v) is 6.77. The number of benzene rings is 1. The topological polar surface area (TPSA) is 92.3 Å². The molecule has 1 aromatic carbocycles. The fourth-order valence-corrected chi connectivity index (χ4v) is 3.61. The number of esters is 1. The van der Waals surface area contributed by atoms with E-state index in [-0.39, 0.29) is 10.4 Å². The molecule has 0 aliphatic heterocycles. The fourth-order valence-electron chi connectivity index (χ4n) is 2.53. The van der Waals surface area contributed by atoms with Gasteiger partial charge < -0.3 is 14.5 Å². The Morgan fingerprint density at radius 3 is 2.64 bits per heavy atom. The van der Waals surface area contributed by atoms with Crippen LogP contribution in [0.4, 0.5) is 5.00 Å². The van der Waals surface area contributed by atoms with Crippen LogP contribution in [-0.4, -0.2) is 19.0 Å². The Bertz CT molecular complexity index is 1090. The second kappa shape index (κ2) is 8.37. The maximum Gasteiger partial charge on any atom is 0.348 e. The van der Waals surface area contributed by atoms with E-state index in [1.54, 1.807) is 13.0 Å². The van der Waals surface area contributed by atoms with Crippen LogP contribution in [0.15, 0.2) is 53.0 Å². The number of nitrogens with zero attached hydrogens (tertiary/aromatic N) is 1. The minimum absolute atomic E-state index is 0.247. The van der Waals surface area contributed by atoms with Gasteiger partial charge in [-0.3, -0.25) is 4.79 Å². The van der Waals surface area contributed by atoms with Crippen LogP contribution in [0.25, 0.3) is 17.4 Å². The average Bonchev–Trinajstić information content (AvgIpc) is 3.31. The van der Waals surface area contributed by atoms with E-state index in [1.807, 2.05) is 42.5 Å². The lowest BCUT2D eigenvalue weighted by atomic mass is 10.2. The first-order valence-corrected chi connectivity index (χ1v) is 9.11. The van der Waals surface area contributed by atoms with E-state index < -0.39 is 11.9 Å². The Balaban J connectivity index is 1.74. The van der Waals surface area contributed by atoms with E-state index in [2.05, 4.69) is 5.32 Å². The molecule has 6 nitrogen and oxygen atoms in total. The maximum absolute atomic E-state index is 12.2. The highest BCUT2D eigenvalue weighted by Gasteiger charge is 2.21. The van der Waals surface area contributed by atoms with E-state index >= 15 is 0 Å². The standard InChI is InChI=1S/C21H16N2O4S/c1-13-16(12-22)20(28-19(13)21(25)26-2)23-18(24)11-9-15-8-10-17(27-15)14-6-4-3-5-7-14/h3-11H,1-2H3,(H,23,24). The summed E-state index contributed by atoms with van der Waals surface area (Å²) in [4.78, 5) is 24.3. The molecule has 0 saturated carbocycles. The van der Waals surface area contributed by atoms with E-state index in [0.29, 0.717) is 22.1 Å². The predicted molar refractivity (Wildman–Crippen MR) is 107 cm³/mol. The third-order valence-electron chi connectivity index (χ3n) is 3.95. The van der Waals surface area contributed by atoms with Gasteiger partial charge in [0.15, 0.2) is 0 Å². The zero-order valence-electron chi connectivity index (χ0n) is 15.2. The van der Waals surface area contributed by atoms with Crippen LogP contribution in [0.1, 0.15) is 26.6 Å². The first-order valence-electron chi connectivity index (χ1n) is 8.29. The third kappa shape index (κ3) is 4.03. The Hall–Kier alpha value is -3.63. The Labute approximate surface area is 165 Å². The highest BCUT2D eigenvalue weighted by molar-refractivity contribution is 7.18. The molecule has 0 spiro atoms. The summed E-state index contributed by atoms with van der Waals surface area (Å²) in [6.07, 6.45) is 2.84. The van der Waals surface area contributed by atoms with Gasteiger partial charge in [-0.1, -0.05) is 30.3 Å². The van der Waals surface area contributed by atoms with Crippen molar-refractivity contribution >= 4 is 34.3 Å². The average molecular weight is 392 g/mol. The van der Waals surface area contributed by atoms with Gasteiger partial charge in [-0.05, 0) is 30.7 Å². The minimum Gasteiger partial charge on any atom is -0.465 e. The lowest BCUT2D eigenvalue weighted by Crippen LogP contribution is -2.07. The van der Waals surface area contributed by atoms with Gasteiger partial charge in [0, 0.05) is 11.6 Å². The van der Waals surface area contributed by atoms with Crippen molar-refractivity contribution in [2.75, 3.05) is 12.4 Å². The van der Waals surface area contributed by atoms with Crippen molar-refractivity contribution in [3.63, 3.8) is 0 Å². The molecule has 2 aromatic heterocycles. The van der Waals surface area contributed by atoms with Crippen LogP contribution < -0.4 is 5.32 Å². The van der Waals surface area contributed by atoms with Crippen molar-refractivity contribution in [3.8, 4) is 17.4 Å². The summed E-state index contributed by atoms with van der Waals surface area (Å²) in [6, 6.07) is 15.2. The molecule has 0 unspecified atom stereocenters. The summed E-state index contributed by atoms with van der Waals surface area (Å²) in [5.74, 6) is 0.238. The minimum atomic E-state index is -0.543. The number of hydrogen-bond donors (Lipinski definition) is 1. The Kier molecular flexibility index (Phi) is 5.72. The van der Waals surface area contributed by atoms with Crippen molar-refractivity contribution < 1.29 is 18.7 Å². The van der Waals surface area contributed by atoms with Gasteiger partial charge in [0.05, 0.1) is 12.7 Å². The fraction of sp³-hybridized carbons (Fsp3) is 0.0952. The molecule has 7 heteroatoms. The molecule has 0 radical (unpaired) electrons. The number of hydrogen-bond acceptors (Lipinski definition) is 6. The van der Waals surface area contributed by atoms with Gasteiger partial charge in [0.25, 0.3) is 0 Å². The Morgan fingerprint density at radius 1 is 1.21 bits per heavy atom. The second-order valence-electron chi connectivity index (χ2n) is 5.75. The molecule has 2 heterocycles. The van der Waals surface area contributed by atoms with E-state index in [1.165, 1.54) is 19.3 Å². The number of amides is 1. The first-order chi connectivity index (χ1) is 13.5. The first kappa shape index (κ1) is 19.1. The smallest absolute Gasteiger partial charge is 0.348 e. The van der Waals surface area contributed by atoms with E-state index in [0.717, 1.165) is 16.9 Å². The summed E-state index contributed by atoms with van der Waals surface area (Å²) < 4.78 is 10.4. The molecule has 0 atom stereocenters. The summed E-state index contributed by atoms with van der Waals surface area (Å²) in [5.41, 5.74) is 1.67. The summed E-state index contributed by atoms with van der Waals surface area (Å²) in [5, 5.41) is 12.3. The van der Waals surface area contributed by atoms with Crippen LogP contribution in [0.3, 0.4) is 0 Å². The van der Waals surface area contributed by atoms with Gasteiger partial charge in [-0.25, -0.2) is 4.79 Å². The number of nitrogens with one attached hydrogen (secondary N) is 1. The van der Waals surface area contributed by atoms with Crippen molar-refractivity contribution in [1.29, 1.82) is 5.26 Å². The number of anilines is 1. The quantitative estimate of drug-likeness (QED) is 0.505. The largest absolute Gasteiger partial charge is 0.465 e. The molecule has 0 bridgehead atoms. The molecule has 28 heavy (non-hydrogen) atoms. The number of carbonyl (C=O) groups is 2. The number of furan rings is 1. The molecule has 140 valence electrons. The number of thiophene rings is 1. The zero-order valence-corrected chi connectivity index (χ0v) is 16.0. The van der Waals surface area contributed by atoms with Crippen LogP contribution in [0.2, 0.25) is 0 Å². The normalized spacial score (nSPS) is 10.6.